The fourth-order valence-electron chi connectivity index (χ4n) is 1.01. The zero-order chi connectivity index (χ0) is 11.1. The van der Waals surface area contributed by atoms with Gasteiger partial charge in [-0.3, -0.25) is 0 Å². The van der Waals surface area contributed by atoms with Gasteiger partial charge in [-0.2, -0.15) is 0 Å². The minimum absolute atomic E-state index is 0.302. The van der Waals surface area contributed by atoms with Crippen molar-refractivity contribution in [3.8, 4) is 0 Å². The molecule has 0 saturated carbocycles. The Morgan fingerprint density at radius 3 is 2.53 bits per heavy atom. The Hall–Kier alpha value is -1.90. The van der Waals surface area contributed by atoms with E-state index in [2.05, 4.69) is 0 Å². The predicted octanol–water partition coefficient (Wildman–Crippen LogP) is 2.39. The summed E-state index contributed by atoms with van der Waals surface area (Å²) in [6.45, 7) is 1.81. The molecule has 0 bridgehead atoms. The monoisotopic (exact) mass is 204 g/mol. The Balaban J connectivity index is 0.000000245. The molecule has 0 N–H and O–H groups in total. The van der Waals surface area contributed by atoms with Crippen molar-refractivity contribution in [1.29, 1.82) is 0 Å². The van der Waals surface area contributed by atoms with E-state index < -0.39 is 0 Å². The molecule has 0 fully saturated rings. The molecule has 1 heterocycles. The van der Waals surface area contributed by atoms with Gasteiger partial charge in [0.1, 0.15) is 11.9 Å². The predicted molar refractivity (Wildman–Crippen MR) is 58.8 cm³/mol. The quantitative estimate of drug-likeness (QED) is 0.529. The van der Waals surface area contributed by atoms with Crippen molar-refractivity contribution in [1.82, 2.24) is 0 Å². The van der Waals surface area contributed by atoms with Gasteiger partial charge >= 0.3 is 5.63 Å². The molecule has 0 unspecified atom stereocenters. The van der Waals surface area contributed by atoms with Gasteiger partial charge in [0, 0.05) is 17.9 Å². The van der Waals surface area contributed by atoms with Gasteiger partial charge in [0.05, 0.1) is 0 Å². The van der Waals surface area contributed by atoms with E-state index in [-0.39, 0.29) is 5.63 Å². The van der Waals surface area contributed by atoms with Crippen LogP contribution in [-0.4, -0.2) is 6.29 Å². The lowest BCUT2D eigenvalue weighted by Gasteiger charge is -1.91. The van der Waals surface area contributed by atoms with Crippen molar-refractivity contribution in [2.75, 3.05) is 0 Å². The molecule has 0 radical (unpaired) electrons. The minimum atomic E-state index is -0.302. The van der Waals surface area contributed by atoms with Gasteiger partial charge in [-0.1, -0.05) is 25.1 Å². The molecule has 0 aliphatic carbocycles. The smallest absolute Gasteiger partial charge is 0.336 e. The summed E-state index contributed by atoms with van der Waals surface area (Å²) in [7, 11) is 0. The normalized spacial score (nSPS) is 9.13. The molecule has 3 heteroatoms. The van der Waals surface area contributed by atoms with Crippen molar-refractivity contribution in [3.63, 3.8) is 0 Å². The molecule has 0 spiro atoms. The zero-order valence-electron chi connectivity index (χ0n) is 8.47. The molecule has 2 rings (SSSR count). The summed E-state index contributed by atoms with van der Waals surface area (Å²) in [6.07, 6.45) is 1.51. The maximum Gasteiger partial charge on any atom is 0.336 e. The maximum atomic E-state index is 10.7. The third-order valence-electron chi connectivity index (χ3n) is 1.70. The van der Waals surface area contributed by atoms with Crippen LogP contribution in [0.5, 0.6) is 0 Å². The van der Waals surface area contributed by atoms with E-state index in [1.54, 1.807) is 12.1 Å². The van der Waals surface area contributed by atoms with E-state index in [1.807, 2.05) is 25.1 Å². The number of para-hydroxylation sites is 1. The average molecular weight is 204 g/mol. The summed E-state index contributed by atoms with van der Waals surface area (Å²) in [5.41, 5.74) is 0.337. The Kier molecular flexibility index (Phi) is 4.29. The molecule has 2 aromatic rings. The number of benzene rings is 1. The fourth-order valence-corrected chi connectivity index (χ4v) is 1.01. The highest BCUT2D eigenvalue weighted by Gasteiger charge is 1.92. The first kappa shape index (κ1) is 11.2. The third kappa shape index (κ3) is 3.38. The maximum absolute atomic E-state index is 10.7. The van der Waals surface area contributed by atoms with Crippen LogP contribution in [0.1, 0.15) is 13.3 Å². The van der Waals surface area contributed by atoms with Crippen LogP contribution in [0.15, 0.2) is 45.6 Å². The van der Waals surface area contributed by atoms with E-state index in [4.69, 9.17) is 4.42 Å². The van der Waals surface area contributed by atoms with Crippen molar-refractivity contribution >= 4 is 17.3 Å². The van der Waals surface area contributed by atoms with Crippen LogP contribution in [0.3, 0.4) is 0 Å². The summed E-state index contributed by atoms with van der Waals surface area (Å²) in [6, 6.07) is 10.6. The van der Waals surface area contributed by atoms with Gasteiger partial charge < -0.3 is 9.21 Å². The second-order valence-corrected chi connectivity index (χ2v) is 2.87. The number of hydrogen-bond donors (Lipinski definition) is 0. The lowest BCUT2D eigenvalue weighted by molar-refractivity contribution is -0.107. The van der Waals surface area contributed by atoms with E-state index in [0.29, 0.717) is 12.0 Å². The lowest BCUT2D eigenvalue weighted by Crippen LogP contribution is -1.93. The first-order valence-electron chi connectivity index (χ1n) is 4.70. The van der Waals surface area contributed by atoms with Gasteiger partial charge in [-0.05, 0) is 12.1 Å². The van der Waals surface area contributed by atoms with Crippen LogP contribution in [0.25, 0.3) is 11.0 Å². The number of rotatable bonds is 1. The Morgan fingerprint density at radius 2 is 1.87 bits per heavy atom. The van der Waals surface area contributed by atoms with E-state index in [9.17, 15) is 9.59 Å². The summed E-state index contributed by atoms with van der Waals surface area (Å²) in [4.78, 5) is 19.9. The first-order chi connectivity index (χ1) is 7.27. The molecule has 0 amide bonds. The molecular weight excluding hydrogens is 192 g/mol. The van der Waals surface area contributed by atoms with Gasteiger partial charge in [-0.15, -0.1) is 0 Å². The molecule has 3 nitrogen and oxygen atoms in total. The van der Waals surface area contributed by atoms with Crippen molar-refractivity contribution in [3.05, 3.63) is 46.8 Å². The minimum Gasteiger partial charge on any atom is -0.423 e. The molecule has 15 heavy (non-hydrogen) atoms. The Bertz CT molecular complexity index is 485. The molecule has 0 aliphatic heterocycles. The van der Waals surface area contributed by atoms with Crippen molar-refractivity contribution in [2.24, 2.45) is 0 Å². The summed E-state index contributed by atoms with van der Waals surface area (Å²) >= 11 is 0. The van der Waals surface area contributed by atoms with Crippen LogP contribution in [0, 0.1) is 0 Å². The third-order valence-corrected chi connectivity index (χ3v) is 1.70. The molecule has 0 atom stereocenters. The van der Waals surface area contributed by atoms with E-state index in [1.165, 1.54) is 6.07 Å². The SMILES string of the molecule is CCC=O.O=c1ccc2ccccc2o1. The highest BCUT2D eigenvalue weighted by molar-refractivity contribution is 5.75. The molecule has 1 aromatic carbocycles. The van der Waals surface area contributed by atoms with Crippen LogP contribution in [0.2, 0.25) is 0 Å². The average Bonchev–Trinajstić information content (AvgIpc) is 2.29. The van der Waals surface area contributed by atoms with Crippen LogP contribution in [0.4, 0.5) is 0 Å². The van der Waals surface area contributed by atoms with Gasteiger partial charge in [0.15, 0.2) is 0 Å². The zero-order valence-corrected chi connectivity index (χ0v) is 8.47. The number of carbonyl (C=O) groups is 1. The number of aldehydes is 1. The van der Waals surface area contributed by atoms with Gasteiger partial charge in [0.2, 0.25) is 0 Å². The molecule has 78 valence electrons. The second kappa shape index (κ2) is 5.75. The van der Waals surface area contributed by atoms with E-state index in [0.717, 1.165) is 11.7 Å². The van der Waals surface area contributed by atoms with Crippen LogP contribution >= 0.6 is 0 Å². The molecule has 1 aromatic heterocycles. The summed E-state index contributed by atoms with van der Waals surface area (Å²) in [5.74, 6) is 0. The summed E-state index contributed by atoms with van der Waals surface area (Å²) in [5, 5.41) is 0.951. The largest absolute Gasteiger partial charge is 0.423 e. The van der Waals surface area contributed by atoms with Crippen molar-refractivity contribution < 1.29 is 9.21 Å². The van der Waals surface area contributed by atoms with E-state index >= 15 is 0 Å². The highest BCUT2D eigenvalue weighted by atomic mass is 16.4. The first-order valence-corrected chi connectivity index (χ1v) is 4.70. The van der Waals surface area contributed by atoms with Crippen molar-refractivity contribution in [2.45, 2.75) is 13.3 Å². The number of fused-ring (bicyclic) bond motifs is 1. The van der Waals surface area contributed by atoms with Gasteiger partial charge in [-0.25, -0.2) is 4.79 Å². The Morgan fingerprint density at radius 1 is 1.20 bits per heavy atom. The number of hydrogen-bond acceptors (Lipinski definition) is 3. The topological polar surface area (TPSA) is 47.3 Å². The lowest BCUT2D eigenvalue weighted by atomic mass is 10.2. The van der Waals surface area contributed by atoms with Gasteiger partial charge in [0.25, 0.3) is 0 Å². The summed E-state index contributed by atoms with van der Waals surface area (Å²) < 4.78 is 4.91. The van der Waals surface area contributed by atoms with Crippen LogP contribution < -0.4 is 5.63 Å². The molecule has 0 saturated heterocycles. The number of carbonyl (C=O) groups excluding carboxylic acids is 1. The standard InChI is InChI=1S/C9H6O2.C3H6O/c10-9-6-5-7-3-1-2-4-8(7)11-9;1-2-3-4/h1-6H;3H,2H2,1H3. The fraction of sp³-hybridized carbons (Fsp3) is 0.167. The molecule has 0 aliphatic rings. The second-order valence-electron chi connectivity index (χ2n) is 2.87. The molecular formula is C12H12O3. The highest BCUT2D eigenvalue weighted by Crippen LogP contribution is 2.08. The Labute approximate surface area is 87.3 Å². The van der Waals surface area contributed by atoms with Crippen LogP contribution in [-0.2, 0) is 4.79 Å².